The van der Waals surface area contributed by atoms with Crippen LogP contribution >= 0.6 is 15.9 Å². The third kappa shape index (κ3) is 2.49. The van der Waals surface area contributed by atoms with Gasteiger partial charge in [0.05, 0.1) is 16.8 Å². The first-order valence-corrected chi connectivity index (χ1v) is 7.90. The molecule has 0 spiro atoms. The third-order valence-corrected chi connectivity index (χ3v) is 4.22. The molecular weight excluding hydrogens is 354 g/mol. The van der Waals surface area contributed by atoms with Crippen molar-refractivity contribution in [1.82, 2.24) is 9.97 Å². The van der Waals surface area contributed by atoms with Crippen molar-refractivity contribution in [2.45, 2.75) is 0 Å². The van der Waals surface area contributed by atoms with Gasteiger partial charge in [0.15, 0.2) is 5.88 Å². The number of fused-ring (bicyclic) bond motifs is 2. The quantitative estimate of drug-likeness (QED) is 0.494. The molecule has 0 amide bonds. The Hall–Kier alpha value is -2.66. The highest BCUT2D eigenvalue weighted by atomic mass is 79.9. The van der Waals surface area contributed by atoms with Crippen LogP contribution in [0.2, 0.25) is 0 Å². The number of pyridine rings is 1. The van der Waals surface area contributed by atoms with Gasteiger partial charge >= 0.3 is 0 Å². The Morgan fingerprint density at radius 3 is 2.91 bits per heavy atom. The molecule has 4 rings (SSSR count). The molecule has 0 radical (unpaired) electrons. The lowest BCUT2D eigenvalue weighted by Crippen LogP contribution is -1.82. The predicted molar refractivity (Wildman–Crippen MR) is 96.7 cm³/mol. The summed E-state index contributed by atoms with van der Waals surface area (Å²) >= 11 is 3.45. The summed E-state index contributed by atoms with van der Waals surface area (Å²) in [5.74, 6) is 0.107. The standard InChI is InChI=1S/C18H12BrN3O/c19-12-6-7-15-13(9-12)14(18(23)22-15)10-21-16-5-1-3-11-4-2-8-20-17(11)16/h1-10,22-23H. The van der Waals surface area contributed by atoms with E-state index in [1.54, 1.807) is 12.4 Å². The fraction of sp³-hybridized carbons (Fsp3) is 0. The summed E-state index contributed by atoms with van der Waals surface area (Å²) in [6.07, 6.45) is 3.42. The van der Waals surface area contributed by atoms with Crippen molar-refractivity contribution in [3.8, 4) is 5.88 Å². The minimum atomic E-state index is 0.107. The average molecular weight is 366 g/mol. The Labute approximate surface area is 140 Å². The van der Waals surface area contributed by atoms with E-state index in [0.717, 1.165) is 32.0 Å². The molecule has 0 atom stereocenters. The maximum absolute atomic E-state index is 10.1. The fourth-order valence-corrected chi connectivity index (χ4v) is 2.99. The van der Waals surface area contributed by atoms with E-state index in [1.165, 1.54) is 0 Å². The summed E-state index contributed by atoms with van der Waals surface area (Å²) in [4.78, 5) is 11.9. The zero-order valence-electron chi connectivity index (χ0n) is 12.0. The van der Waals surface area contributed by atoms with E-state index in [2.05, 4.69) is 30.9 Å². The number of hydrogen-bond acceptors (Lipinski definition) is 3. The van der Waals surface area contributed by atoms with Crippen LogP contribution in [-0.2, 0) is 0 Å². The highest BCUT2D eigenvalue weighted by Crippen LogP contribution is 2.29. The minimum absolute atomic E-state index is 0.107. The zero-order valence-corrected chi connectivity index (χ0v) is 13.6. The van der Waals surface area contributed by atoms with Gasteiger partial charge in [-0.25, -0.2) is 0 Å². The van der Waals surface area contributed by atoms with Crippen molar-refractivity contribution in [3.63, 3.8) is 0 Å². The van der Waals surface area contributed by atoms with Crippen LogP contribution in [0.1, 0.15) is 5.56 Å². The molecule has 4 nitrogen and oxygen atoms in total. The highest BCUT2D eigenvalue weighted by Gasteiger charge is 2.09. The van der Waals surface area contributed by atoms with Crippen molar-refractivity contribution in [2.24, 2.45) is 4.99 Å². The van der Waals surface area contributed by atoms with Crippen molar-refractivity contribution in [2.75, 3.05) is 0 Å². The lowest BCUT2D eigenvalue weighted by Gasteiger charge is -2.00. The number of nitrogens with one attached hydrogen (secondary N) is 1. The maximum Gasteiger partial charge on any atom is 0.198 e. The predicted octanol–water partition coefficient (Wildman–Crippen LogP) is 4.93. The van der Waals surface area contributed by atoms with Gasteiger partial charge in [-0.15, -0.1) is 0 Å². The van der Waals surface area contributed by atoms with Crippen molar-refractivity contribution >= 4 is 49.6 Å². The molecule has 23 heavy (non-hydrogen) atoms. The molecule has 0 fully saturated rings. The summed E-state index contributed by atoms with van der Waals surface area (Å²) in [6, 6.07) is 15.6. The first-order chi connectivity index (χ1) is 11.2. The number of aromatic nitrogens is 2. The number of aromatic hydroxyl groups is 1. The molecule has 0 aliphatic rings. The number of rotatable bonds is 2. The van der Waals surface area contributed by atoms with Crippen LogP contribution in [-0.4, -0.2) is 21.3 Å². The lowest BCUT2D eigenvalue weighted by molar-refractivity contribution is 0.457. The largest absolute Gasteiger partial charge is 0.494 e. The molecule has 0 aliphatic heterocycles. The first-order valence-electron chi connectivity index (χ1n) is 7.10. The zero-order chi connectivity index (χ0) is 15.8. The monoisotopic (exact) mass is 365 g/mol. The first kappa shape index (κ1) is 14.0. The lowest BCUT2D eigenvalue weighted by atomic mass is 10.1. The SMILES string of the molecule is Oc1[nH]c2ccc(Br)cc2c1C=Nc1cccc2cccnc12. The Morgan fingerprint density at radius 2 is 2.00 bits per heavy atom. The summed E-state index contributed by atoms with van der Waals surface area (Å²) in [5.41, 5.74) is 3.14. The van der Waals surface area contributed by atoms with E-state index in [1.807, 2.05) is 48.5 Å². The second-order valence-corrected chi connectivity index (χ2v) is 6.10. The molecule has 2 aromatic carbocycles. The normalized spacial score (nSPS) is 11.7. The average Bonchev–Trinajstić information content (AvgIpc) is 2.87. The van der Waals surface area contributed by atoms with Crippen LogP contribution in [0.25, 0.3) is 21.8 Å². The van der Waals surface area contributed by atoms with Crippen LogP contribution in [0, 0.1) is 0 Å². The Balaban J connectivity index is 1.85. The third-order valence-electron chi connectivity index (χ3n) is 3.72. The van der Waals surface area contributed by atoms with Crippen LogP contribution in [0.3, 0.4) is 0 Å². The molecule has 0 bridgehead atoms. The van der Waals surface area contributed by atoms with Gasteiger partial charge in [0.25, 0.3) is 0 Å². The van der Waals surface area contributed by atoms with Gasteiger partial charge in [-0.3, -0.25) is 9.98 Å². The molecule has 5 heteroatoms. The number of para-hydroxylation sites is 1. The molecule has 2 heterocycles. The summed E-state index contributed by atoms with van der Waals surface area (Å²) in [5, 5.41) is 12.1. The highest BCUT2D eigenvalue weighted by molar-refractivity contribution is 9.10. The molecule has 4 aromatic rings. The summed E-state index contributed by atoms with van der Waals surface area (Å²) in [6.45, 7) is 0. The number of aromatic amines is 1. The van der Waals surface area contributed by atoms with E-state index >= 15 is 0 Å². The summed E-state index contributed by atoms with van der Waals surface area (Å²) < 4.78 is 0.950. The second kappa shape index (κ2) is 5.52. The molecule has 0 saturated heterocycles. The van der Waals surface area contributed by atoms with E-state index in [4.69, 9.17) is 0 Å². The number of H-pyrrole nitrogens is 1. The summed E-state index contributed by atoms with van der Waals surface area (Å²) in [7, 11) is 0. The second-order valence-electron chi connectivity index (χ2n) is 5.19. The maximum atomic E-state index is 10.1. The van der Waals surface area contributed by atoms with Crippen LogP contribution < -0.4 is 0 Å². The van der Waals surface area contributed by atoms with Crippen molar-refractivity contribution in [3.05, 3.63) is 64.8 Å². The number of nitrogens with zero attached hydrogens (tertiary/aromatic N) is 2. The molecular formula is C18H12BrN3O. The van der Waals surface area contributed by atoms with Gasteiger partial charge in [0.1, 0.15) is 0 Å². The van der Waals surface area contributed by atoms with Gasteiger partial charge in [-0.1, -0.05) is 34.1 Å². The minimum Gasteiger partial charge on any atom is -0.494 e. The molecule has 0 aliphatic carbocycles. The molecule has 112 valence electrons. The van der Waals surface area contributed by atoms with E-state index in [-0.39, 0.29) is 5.88 Å². The Morgan fingerprint density at radius 1 is 1.13 bits per heavy atom. The van der Waals surface area contributed by atoms with Gasteiger partial charge in [-0.2, -0.15) is 0 Å². The number of aliphatic imine (C=N–C) groups is 1. The van der Waals surface area contributed by atoms with E-state index in [9.17, 15) is 5.11 Å². The number of halogens is 1. The smallest absolute Gasteiger partial charge is 0.198 e. The van der Waals surface area contributed by atoms with Crippen LogP contribution in [0.4, 0.5) is 5.69 Å². The molecule has 2 N–H and O–H groups in total. The van der Waals surface area contributed by atoms with Gasteiger partial charge < -0.3 is 10.1 Å². The van der Waals surface area contributed by atoms with Gasteiger partial charge in [0.2, 0.25) is 0 Å². The van der Waals surface area contributed by atoms with Gasteiger partial charge in [0, 0.05) is 33.2 Å². The Kier molecular flexibility index (Phi) is 3.35. The van der Waals surface area contributed by atoms with Crippen molar-refractivity contribution in [1.29, 1.82) is 0 Å². The van der Waals surface area contributed by atoms with Crippen LogP contribution in [0.5, 0.6) is 5.88 Å². The molecule has 0 unspecified atom stereocenters. The fourth-order valence-electron chi connectivity index (χ4n) is 2.63. The molecule has 0 saturated carbocycles. The number of benzene rings is 2. The van der Waals surface area contributed by atoms with E-state index < -0.39 is 0 Å². The topological polar surface area (TPSA) is 61.3 Å². The van der Waals surface area contributed by atoms with Crippen LogP contribution in [0.15, 0.2) is 64.2 Å². The van der Waals surface area contributed by atoms with Gasteiger partial charge in [-0.05, 0) is 30.3 Å². The Bertz CT molecular complexity index is 1050. The number of hydrogen-bond donors (Lipinski definition) is 2. The molecule has 2 aromatic heterocycles. The van der Waals surface area contributed by atoms with E-state index in [0.29, 0.717) is 5.56 Å². The van der Waals surface area contributed by atoms with Crippen molar-refractivity contribution < 1.29 is 5.11 Å².